The molecule has 2 aromatic rings. The lowest BCUT2D eigenvalue weighted by Gasteiger charge is -2.21. The van der Waals surface area contributed by atoms with E-state index in [4.69, 9.17) is 10.5 Å². The first-order valence-corrected chi connectivity index (χ1v) is 9.01. The number of aromatic nitrogens is 1. The highest BCUT2D eigenvalue weighted by molar-refractivity contribution is 5.99. The van der Waals surface area contributed by atoms with E-state index in [1.54, 1.807) is 31.2 Å². The first-order valence-electron chi connectivity index (χ1n) is 9.01. The lowest BCUT2D eigenvalue weighted by atomic mass is 10.1. The first-order chi connectivity index (χ1) is 14.1. The number of carbonyl (C=O) groups is 2. The van der Waals surface area contributed by atoms with Gasteiger partial charge in [-0.1, -0.05) is 12.1 Å². The van der Waals surface area contributed by atoms with Gasteiger partial charge in [-0.3, -0.25) is 14.5 Å². The van der Waals surface area contributed by atoms with Crippen LogP contribution in [0.15, 0.2) is 42.6 Å². The number of hydrogen-bond acceptors (Lipinski definition) is 5. The Morgan fingerprint density at radius 1 is 1.13 bits per heavy atom. The molecule has 0 aliphatic carbocycles. The third kappa shape index (κ3) is 6.38. The molecular weight excluding hydrogens is 401 g/mol. The van der Waals surface area contributed by atoms with E-state index in [0.717, 1.165) is 17.0 Å². The fourth-order valence-electron chi connectivity index (χ4n) is 2.56. The number of amides is 2. The van der Waals surface area contributed by atoms with Crippen LogP contribution in [0.5, 0.6) is 0 Å². The van der Waals surface area contributed by atoms with Gasteiger partial charge in [-0.05, 0) is 36.8 Å². The number of nitrogens with one attached hydrogen (secondary N) is 2. The van der Waals surface area contributed by atoms with Crippen LogP contribution in [0, 0.1) is 5.41 Å². The van der Waals surface area contributed by atoms with E-state index >= 15 is 0 Å². The van der Waals surface area contributed by atoms with Crippen molar-refractivity contribution in [3.05, 3.63) is 53.7 Å². The van der Waals surface area contributed by atoms with Gasteiger partial charge >= 0.3 is 6.18 Å². The molecule has 0 atom stereocenters. The van der Waals surface area contributed by atoms with Crippen molar-refractivity contribution < 1.29 is 27.9 Å². The highest BCUT2D eigenvalue weighted by Crippen LogP contribution is 2.29. The number of aliphatic hydroxyl groups is 1. The zero-order valence-electron chi connectivity index (χ0n) is 16.2. The van der Waals surface area contributed by atoms with Crippen molar-refractivity contribution in [3.8, 4) is 0 Å². The molecular formula is C20H21F3N4O3. The molecule has 2 amide bonds. The zero-order valence-corrected chi connectivity index (χ0v) is 16.2. The molecule has 0 radical (unpaired) electrons. The topological polar surface area (TPSA) is 106 Å². The van der Waals surface area contributed by atoms with Crippen molar-refractivity contribution in [2.24, 2.45) is 0 Å². The van der Waals surface area contributed by atoms with Gasteiger partial charge in [0.25, 0.3) is 0 Å². The Morgan fingerprint density at radius 2 is 1.80 bits per heavy atom. The van der Waals surface area contributed by atoms with Crippen LogP contribution >= 0.6 is 0 Å². The molecule has 1 aromatic carbocycles. The number of rotatable bonds is 8. The number of anilines is 2. The standard InChI is InChI=1S/C20H21F3N4O3/c1-13(24)14-2-5-16(6-3-14)26-18(29)8-9-19(30)27(10-11-28)17-7-4-15(12-25-17)20(21,22)23/h2-7,12,24,28H,8-11H2,1H3,(H,26,29). The van der Waals surface area contributed by atoms with E-state index < -0.39 is 30.2 Å². The summed E-state index contributed by atoms with van der Waals surface area (Å²) in [5.41, 5.74) is 0.659. The first kappa shape index (κ1) is 23.0. The highest BCUT2D eigenvalue weighted by Gasteiger charge is 2.31. The normalized spacial score (nSPS) is 11.1. The Kier molecular flexibility index (Phi) is 7.65. The molecule has 0 spiro atoms. The lowest BCUT2D eigenvalue weighted by Crippen LogP contribution is -2.34. The Labute approximate surface area is 171 Å². The summed E-state index contributed by atoms with van der Waals surface area (Å²) in [6.45, 7) is 1.06. The van der Waals surface area contributed by atoms with Gasteiger partial charge in [0.15, 0.2) is 0 Å². The molecule has 0 aliphatic heterocycles. The van der Waals surface area contributed by atoms with Gasteiger partial charge in [-0.2, -0.15) is 13.2 Å². The van der Waals surface area contributed by atoms with Crippen LogP contribution in [-0.4, -0.2) is 40.8 Å². The van der Waals surface area contributed by atoms with Crippen LogP contribution < -0.4 is 10.2 Å². The summed E-state index contributed by atoms with van der Waals surface area (Å²) in [5, 5.41) is 19.3. The molecule has 0 saturated carbocycles. The third-order valence-electron chi connectivity index (χ3n) is 4.14. The Hall–Kier alpha value is -3.27. The van der Waals surface area contributed by atoms with Crippen LogP contribution in [-0.2, 0) is 15.8 Å². The molecule has 0 fully saturated rings. The number of pyridine rings is 1. The van der Waals surface area contributed by atoms with Gasteiger partial charge in [-0.15, -0.1) is 0 Å². The van der Waals surface area contributed by atoms with Gasteiger partial charge in [0.2, 0.25) is 11.8 Å². The smallest absolute Gasteiger partial charge is 0.395 e. The van der Waals surface area contributed by atoms with Crippen LogP contribution in [0.4, 0.5) is 24.7 Å². The Balaban J connectivity index is 1.97. The molecule has 0 unspecified atom stereocenters. The van der Waals surface area contributed by atoms with E-state index in [0.29, 0.717) is 23.2 Å². The van der Waals surface area contributed by atoms with Crippen LogP contribution in [0.2, 0.25) is 0 Å². The summed E-state index contributed by atoms with van der Waals surface area (Å²) < 4.78 is 38.0. The second kappa shape index (κ2) is 9.97. The fourth-order valence-corrected chi connectivity index (χ4v) is 2.56. The third-order valence-corrected chi connectivity index (χ3v) is 4.14. The summed E-state index contributed by atoms with van der Waals surface area (Å²) in [7, 11) is 0. The Bertz CT molecular complexity index is 897. The maximum atomic E-state index is 12.7. The minimum Gasteiger partial charge on any atom is -0.395 e. The number of alkyl halides is 3. The molecule has 2 rings (SSSR count). The Morgan fingerprint density at radius 3 is 2.30 bits per heavy atom. The van der Waals surface area contributed by atoms with Gasteiger partial charge in [0.1, 0.15) is 5.82 Å². The number of benzene rings is 1. The van der Waals surface area contributed by atoms with Crippen molar-refractivity contribution >= 4 is 29.0 Å². The van der Waals surface area contributed by atoms with Crippen LogP contribution in [0.1, 0.15) is 30.9 Å². The highest BCUT2D eigenvalue weighted by atomic mass is 19.4. The van der Waals surface area contributed by atoms with Gasteiger partial charge in [0, 0.05) is 30.4 Å². The SMILES string of the molecule is CC(=N)c1ccc(NC(=O)CCC(=O)N(CCO)c2ccc(C(F)(F)F)cn2)cc1. The quantitative estimate of drug-likeness (QED) is 0.568. The maximum absolute atomic E-state index is 12.7. The zero-order chi connectivity index (χ0) is 22.3. The average molecular weight is 422 g/mol. The van der Waals surface area contributed by atoms with Crippen LogP contribution in [0.3, 0.4) is 0 Å². The van der Waals surface area contributed by atoms with Gasteiger partial charge in [-0.25, -0.2) is 4.98 Å². The summed E-state index contributed by atoms with van der Waals surface area (Å²) >= 11 is 0. The molecule has 0 aliphatic rings. The minimum absolute atomic E-state index is 0.0416. The van der Waals surface area contributed by atoms with E-state index in [-0.39, 0.29) is 25.2 Å². The maximum Gasteiger partial charge on any atom is 0.417 e. The number of hydrogen-bond donors (Lipinski definition) is 3. The van der Waals surface area contributed by atoms with Gasteiger partial charge < -0.3 is 15.8 Å². The van der Waals surface area contributed by atoms with Gasteiger partial charge in [0.05, 0.1) is 18.7 Å². The van der Waals surface area contributed by atoms with Crippen molar-refractivity contribution in [2.45, 2.75) is 25.9 Å². The predicted octanol–water partition coefficient (Wildman–Crippen LogP) is 3.23. The number of carbonyl (C=O) groups excluding carboxylic acids is 2. The molecule has 0 saturated heterocycles. The summed E-state index contributed by atoms with van der Waals surface area (Å²) in [5.74, 6) is -1.02. The summed E-state index contributed by atoms with van der Waals surface area (Å²) in [6.07, 6.45) is -4.32. The van der Waals surface area contributed by atoms with E-state index in [1.807, 2.05) is 0 Å². The van der Waals surface area contributed by atoms with E-state index in [9.17, 15) is 22.8 Å². The van der Waals surface area contributed by atoms with E-state index in [1.165, 1.54) is 0 Å². The monoisotopic (exact) mass is 422 g/mol. The van der Waals surface area contributed by atoms with Crippen molar-refractivity contribution in [1.82, 2.24) is 4.98 Å². The summed E-state index contributed by atoms with van der Waals surface area (Å²) in [4.78, 5) is 29.2. The van der Waals surface area contributed by atoms with Crippen molar-refractivity contribution in [1.29, 1.82) is 5.41 Å². The fraction of sp³-hybridized carbons (Fsp3) is 0.300. The average Bonchev–Trinajstić information content (AvgIpc) is 2.70. The molecule has 1 heterocycles. The largest absolute Gasteiger partial charge is 0.417 e. The second-order valence-electron chi connectivity index (χ2n) is 6.42. The molecule has 7 nitrogen and oxygen atoms in total. The molecule has 160 valence electrons. The molecule has 1 aromatic heterocycles. The second-order valence-corrected chi connectivity index (χ2v) is 6.42. The molecule has 10 heteroatoms. The summed E-state index contributed by atoms with van der Waals surface area (Å²) in [6, 6.07) is 8.48. The number of nitrogens with zero attached hydrogens (tertiary/aromatic N) is 2. The molecule has 3 N–H and O–H groups in total. The molecule has 0 bridgehead atoms. The van der Waals surface area contributed by atoms with Crippen molar-refractivity contribution in [3.63, 3.8) is 0 Å². The number of aliphatic hydroxyl groups excluding tert-OH is 1. The predicted molar refractivity (Wildman–Crippen MR) is 105 cm³/mol. The lowest BCUT2D eigenvalue weighted by molar-refractivity contribution is -0.137. The van der Waals surface area contributed by atoms with E-state index in [2.05, 4.69) is 10.3 Å². The minimum atomic E-state index is -4.55. The number of halogens is 3. The molecule has 30 heavy (non-hydrogen) atoms. The van der Waals surface area contributed by atoms with Crippen LogP contribution in [0.25, 0.3) is 0 Å². The van der Waals surface area contributed by atoms with Crippen molar-refractivity contribution in [2.75, 3.05) is 23.4 Å².